The number of benzene rings is 2. The molecule has 0 saturated carbocycles. The van der Waals surface area contributed by atoms with Crippen LogP contribution >= 0.6 is 0 Å². The Bertz CT molecular complexity index is 963. The van der Waals surface area contributed by atoms with Crippen LogP contribution in [-0.4, -0.2) is 28.6 Å². The van der Waals surface area contributed by atoms with Crippen molar-refractivity contribution in [3.05, 3.63) is 71.6 Å². The molecule has 2 aromatic rings. The van der Waals surface area contributed by atoms with E-state index in [0.717, 1.165) is 11.0 Å². The minimum absolute atomic E-state index is 0.128. The van der Waals surface area contributed by atoms with Gasteiger partial charge in [-0.15, -0.1) is 0 Å². The minimum Gasteiger partial charge on any atom is -0.258 e. The summed E-state index contributed by atoms with van der Waals surface area (Å²) in [5.41, 5.74) is 1.43. The third-order valence-corrected chi connectivity index (χ3v) is 7.05. The van der Waals surface area contributed by atoms with Gasteiger partial charge in [0.15, 0.2) is 9.84 Å². The monoisotopic (exact) mass is 363 g/mol. The van der Waals surface area contributed by atoms with E-state index < -0.39 is 25.9 Å². The van der Waals surface area contributed by atoms with Crippen LogP contribution in [0.1, 0.15) is 5.56 Å². The smallest absolute Gasteiger partial charge is 0.258 e. The average Bonchev–Trinajstić information content (AvgIpc) is 2.90. The molecule has 0 aromatic heterocycles. The highest BCUT2D eigenvalue weighted by Crippen LogP contribution is 2.29. The number of anilines is 1. The molecule has 1 aliphatic heterocycles. The van der Waals surface area contributed by atoms with Crippen molar-refractivity contribution in [1.29, 1.82) is 0 Å². The van der Waals surface area contributed by atoms with E-state index in [4.69, 9.17) is 0 Å². The number of sulfonamides is 1. The normalized spacial score (nSPS) is 19.3. The molecule has 3 rings (SSSR count). The van der Waals surface area contributed by atoms with E-state index >= 15 is 0 Å². The summed E-state index contributed by atoms with van der Waals surface area (Å²) in [4.78, 5) is 0.128. The molecule has 1 aliphatic rings. The molecular weight excluding hydrogens is 346 g/mol. The molecular formula is C17H17NO4S2. The van der Waals surface area contributed by atoms with E-state index in [-0.39, 0.29) is 10.6 Å². The highest BCUT2D eigenvalue weighted by molar-refractivity contribution is 7.95. The number of hydrogen-bond donors (Lipinski definition) is 0. The highest BCUT2D eigenvalue weighted by Gasteiger charge is 2.35. The van der Waals surface area contributed by atoms with Gasteiger partial charge < -0.3 is 0 Å². The molecule has 0 spiro atoms. The second-order valence-corrected chi connectivity index (χ2v) is 9.42. The summed E-state index contributed by atoms with van der Waals surface area (Å²) in [6.07, 6.45) is 1.43. The van der Waals surface area contributed by atoms with E-state index in [1.165, 1.54) is 22.5 Å². The zero-order chi connectivity index (χ0) is 17.4. The van der Waals surface area contributed by atoms with Crippen LogP contribution in [0.25, 0.3) is 0 Å². The number of hydrogen-bond acceptors (Lipinski definition) is 4. The fraction of sp³-hybridized carbons (Fsp3) is 0.176. The van der Waals surface area contributed by atoms with Crippen LogP contribution < -0.4 is 4.31 Å². The Hall–Kier alpha value is -2.12. The largest absolute Gasteiger partial charge is 0.264 e. The Kier molecular flexibility index (Phi) is 4.23. The summed E-state index contributed by atoms with van der Waals surface area (Å²) in [7, 11) is -7.27. The summed E-state index contributed by atoms with van der Waals surface area (Å²) < 4.78 is 51.0. The van der Waals surface area contributed by atoms with Crippen molar-refractivity contribution in [3.8, 4) is 0 Å². The lowest BCUT2D eigenvalue weighted by atomic mass is 10.2. The van der Waals surface area contributed by atoms with E-state index in [1.807, 2.05) is 6.92 Å². The summed E-state index contributed by atoms with van der Waals surface area (Å²) >= 11 is 0. The minimum atomic E-state index is -3.88. The lowest BCUT2D eigenvalue weighted by Crippen LogP contribution is -2.41. The first-order chi connectivity index (χ1) is 11.3. The molecule has 0 unspecified atom stereocenters. The van der Waals surface area contributed by atoms with Gasteiger partial charge in [-0.2, -0.15) is 0 Å². The molecule has 0 amide bonds. The molecule has 1 atom stereocenters. The Morgan fingerprint density at radius 3 is 2.17 bits per heavy atom. The van der Waals surface area contributed by atoms with Gasteiger partial charge in [0.05, 0.1) is 22.4 Å². The van der Waals surface area contributed by atoms with E-state index in [0.29, 0.717) is 5.69 Å². The Balaban J connectivity index is 2.12. The molecule has 7 heteroatoms. The zero-order valence-corrected chi connectivity index (χ0v) is 14.7. The molecule has 1 heterocycles. The maximum absolute atomic E-state index is 13.1. The van der Waals surface area contributed by atoms with Crippen LogP contribution in [-0.2, 0) is 19.9 Å². The second kappa shape index (κ2) is 6.07. The van der Waals surface area contributed by atoms with Crippen molar-refractivity contribution in [3.63, 3.8) is 0 Å². The summed E-state index contributed by atoms with van der Waals surface area (Å²) in [6.45, 7) is 1.90. The first-order valence-corrected chi connectivity index (χ1v) is 10.5. The quantitative estimate of drug-likeness (QED) is 0.837. The Morgan fingerprint density at radius 1 is 1.00 bits per heavy atom. The number of aryl methyl sites for hydroxylation is 1. The van der Waals surface area contributed by atoms with Gasteiger partial charge in [-0.05, 0) is 37.3 Å². The SMILES string of the molecule is Cc1ccc(N([C@H]2C=CS(=O)(=O)C2)S(=O)(=O)c2ccccc2)cc1. The van der Waals surface area contributed by atoms with Crippen molar-refractivity contribution in [2.24, 2.45) is 0 Å². The van der Waals surface area contributed by atoms with Crippen molar-refractivity contribution >= 4 is 25.5 Å². The molecule has 0 saturated heterocycles. The van der Waals surface area contributed by atoms with Crippen molar-refractivity contribution in [2.75, 3.05) is 10.1 Å². The second-order valence-electron chi connectivity index (χ2n) is 5.67. The fourth-order valence-corrected chi connectivity index (χ4v) is 5.60. The van der Waals surface area contributed by atoms with Crippen LogP contribution in [0.5, 0.6) is 0 Å². The standard InChI is InChI=1S/C17H17NO4S2/c1-14-7-9-15(10-8-14)18(16-11-12-23(19,20)13-16)24(21,22)17-5-3-2-4-6-17/h2-12,16H,13H2,1H3/t16-/m0/s1. The van der Waals surface area contributed by atoms with E-state index in [2.05, 4.69) is 0 Å². The van der Waals surface area contributed by atoms with Crippen LogP contribution in [0.4, 0.5) is 5.69 Å². The van der Waals surface area contributed by atoms with Gasteiger partial charge in [-0.25, -0.2) is 16.8 Å². The molecule has 0 aliphatic carbocycles. The van der Waals surface area contributed by atoms with Gasteiger partial charge >= 0.3 is 0 Å². The first-order valence-electron chi connectivity index (χ1n) is 7.37. The van der Waals surface area contributed by atoms with Crippen LogP contribution in [0.3, 0.4) is 0 Å². The molecule has 0 radical (unpaired) electrons. The first kappa shape index (κ1) is 16.7. The molecule has 0 bridgehead atoms. The molecule has 0 N–H and O–H groups in total. The van der Waals surface area contributed by atoms with E-state index in [9.17, 15) is 16.8 Å². The third-order valence-electron chi connectivity index (χ3n) is 3.80. The Morgan fingerprint density at radius 2 is 1.62 bits per heavy atom. The summed E-state index contributed by atoms with van der Waals surface area (Å²) in [5, 5.41) is 1.08. The predicted octanol–water partition coefficient (Wildman–Crippen LogP) is 2.50. The van der Waals surface area contributed by atoms with Crippen LogP contribution in [0, 0.1) is 6.92 Å². The molecule has 2 aromatic carbocycles. The van der Waals surface area contributed by atoms with Crippen molar-refractivity contribution in [2.45, 2.75) is 17.9 Å². The fourth-order valence-electron chi connectivity index (χ4n) is 2.61. The summed E-state index contributed by atoms with van der Waals surface area (Å²) in [5.74, 6) is -0.257. The van der Waals surface area contributed by atoms with Gasteiger partial charge in [-0.3, -0.25) is 4.31 Å². The predicted molar refractivity (Wildman–Crippen MR) is 94.0 cm³/mol. The lowest BCUT2D eigenvalue weighted by Gasteiger charge is -2.29. The maximum Gasteiger partial charge on any atom is 0.264 e. The van der Waals surface area contributed by atoms with Gasteiger partial charge in [0.1, 0.15) is 0 Å². The number of nitrogens with zero attached hydrogens (tertiary/aromatic N) is 1. The average molecular weight is 363 g/mol. The lowest BCUT2D eigenvalue weighted by molar-refractivity contribution is 0.586. The number of sulfone groups is 1. The van der Waals surface area contributed by atoms with Gasteiger partial charge in [0, 0.05) is 5.41 Å². The van der Waals surface area contributed by atoms with Gasteiger partial charge in [0.2, 0.25) is 0 Å². The van der Waals surface area contributed by atoms with Crippen molar-refractivity contribution in [1.82, 2.24) is 0 Å². The highest BCUT2D eigenvalue weighted by atomic mass is 32.2. The topological polar surface area (TPSA) is 71.5 Å². The van der Waals surface area contributed by atoms with Gasteiger partial charge in [0.25, 0.3) is 10.0 Å². The van der Waals surface area contributed by atoms with E-state index in [1.54, 1.807) is 42.5 Å². The van der Waals surface area contributed by atoms with Crippen LogP contribution in [0.15, 0.2) is 71.0 Å². The maximum atomic E-state index is 13.1. The Labute approximate surface area is 142 Å². The molecule has 126 valence electrons. The summed E-state index contributed by atoms with van der Waals surface area (Å²) in [6, 6.07) is 14.2. The molecule has 24 heavy (non-hydrogen) atoms. The molecule has 5 nitrogen and oxygen atoms in total. The number of rotatable bonds is 4. The third kappa shape index (κ3) is 3.22. The van der Waals surface area contributed by atoms with Crippen LogP contribution in [0.2, 0.25) is 0 Å². The van der Waals surface area contributed by atoms with Crippen molar-refractivity contribution < 1.29 is 16.8 Å². The van der Waals surface area contributed by atoms with Gasteiger partial charge in [-0.1, -0.05) is 35.9 Å². The molecule has 0 fully saturated rings. The zero-order valence-electron chi connectivity index (χ0n) is 13.0.